The molecule has 0 bridgehead atoms. The van der Waals surface area contributed by atoms with Gasteiger partial charge in [0.25, 0.3) is 0 Å². The Labute approximate surface area is 539 Å². The van der Waals surface area contributed by atoms with E-state index in [9.17, 15) is 9.59 Å². The van der Waals surface area contributed by atoms with Crippen LogP contribution in [0.15, 0.2) is 158 Å². The van der Waals surface area contributed by atoms with Crippen LogP contribution in [-0.4, -0.2) is 51.6 Å². The molecule has 0 aliphatic rings. The van der Waals surface area contributed by atoms with Gasteiger partial charge in [0.2, 0.25) is 0 Å². The van der Waals surface area contributed by atoms with Gasteiger partial charge in [0.05, 0.1) is 50.8 Å². The number of unbranched alkanes of at least 4 members (excludes halogenated alkanes) is 18. The van der Waals surface area contributed by atoms with Crippen molar-refractivity contribution in [3.05, 3.63) is 180 Å². The maximum Gasteiger partial charge on any atom is 0.343 e. The Kier molecular flexibility index (Phi) is 32.2. The molecule has 7 aromatic rings. The largest absolute Gasteiger partial charge is 0.494 e. The van der Waals surface area contributed by atoms with Crippen molar-refractivity contribution in [2.24, 2.45) is 0 Å². The lowest BCUT2D eigenvalue weighted by atomic mass is 9.96. The Hall–Kier alpha value is -7.72. The summed E-state index contributed by atoms with van der Waals surface area (Å²) in [5.41, 5.74) is 8.09. The lowest BCUT2D eigenvalue weighted by Crippen LogP contribution is -2.08. The molecule has 0 aliphatic carbocycles. The smallest absolute Gasteiger partial charge is 0.343 e. The van der Waals surface area contributed by atoms with Crippen LogP contribution in [0.25, 0.3) is 22.3 Å². The highest BCUT2D eigenvalue weighted by Gasteiger charge is 2.18. The van der Waals surface area contributed by atoms with Gasteiger partial charge in [0.1, 0.15) is 46.0 Å². The van der Waals surface area contributed by atoms with Crippen molar-refractivity contribution >= 4 is 11.9 Å². The molecule has 0 aromatic heterocycles. The number of carbonyl (C=O) groups is 2. The van der Waals surface area contributed by atoms with Gasteiger partial charge in [-0.3, -0.25) is 0 Å². The van der Waals surface area contributed by atoms with Gasteiger partial charge in [-0.25, -0.2) is 9.59 Å². The standard InChI is InChI=1S/C80H102O10/c1-5-9-23-55-83-71-47-51-73(52-48-71)89-79(81)67-39-43-69(44-40-67)85-57-25-19-15-11-13-17-21-27-59-87-77-61-76(66-37-33-64(30-8-4)34-38-66)78(62-75(77)65-35-31-63(29-7-3)32-36-65)88-60-28-22-18-14-12-16-20-26-58-86-70-45-41-68(42-46-70)80(82)90-74-53-49-72(50-54-74)84-56-24-10-6-2/h31-54,61-62H,5-30,55-60H2,1-4H3. The summed E-state index contributed by atoms with van der Waals surface area (Å²) in [4.78, 5) is 25.6. The van der Waals surface area contributed by atoms with E-state index >= 15 is 0 Å². The Balaban J connectivity index is 0.788. The minimum absolute atomic E-state index is 0.401. The summed E-state index contributed by atoms with van der Waals surface area (Å²) >= 11 is 0. The third-order valence-electron chi connectivity index (χ3n) is 16.1. The van der Waals surface area contributed by atoms with Crippen LogP contribution in [0.4, 0.5) is 0 Å². The third-order valence-corrected chi connectivity index (χ3v) is 16.1. The summed E-state index contributed by atoms with van der Waals surface area (Å²) in [5.74, 6) is 5.04. The first-order valence-corrected chi connectivity index (χ1v) is 34.3. The molecule has 0 unspecified atom stereocenters. The molecule has 90 heavy (non-hydrogen) atoms. The zero-order valence-electron chi connectivity index (χ0n) is 54.7. The summed E-state index contributed by atoms with van der Waals surface area (Å²) < 4.78 is 48.3. The van der Waals surface area contributed by atoms with E-state index in [2.05, 4.69) is 88.4 Å². The first-order chi connectivity index (χ1) is 44.3. The molecule has 482 valence electrons. The fourth-order valence-electron chi connectivity index (χ4n) is 10.8. The summed E-state index contributed by atoms with van der Waals surface area (Å²) in [6, 6.07) is 51.2. The first-order valence-electron chi connectivity index (χ1n) is 34.3. The van der Waals surface area contributed by atoms with Crippen LogP contribution in [0.2, 0.25) is 0 Å². The summed E-state index contributed by atoms with van der Waals surface area (Å²) in [7, 11) is 0. The van der Waals surface area contributed by atoms with E-state index in [1.165, 1.54) is 62.5 Å². The van der Waals surface area contributed by atoms with E-state index in [1.807, 2.05) is 48.5 Å². The Morgan fingerprint density at radius 3 is 0.811 bits per heavy atom. The average Bonchev–Trinajstić information content (AvgIpc) is 0.982. The average molecular weight is 1220 g/mol. The number of esters is 2. The van der Waals surface area contributed by atoms with Gasteiger partial charge in [0, 0.05) is 11.1 Å². The maximum absolute atomic E-state index is 12.8. The highest BCUT2D eigenvalue weighted by atomic mass is 16.5. The van der Waals surface area contributed by atoms with Crippen LogP contribution in [0.5, 0.6) is 46.0 Å². The Bertz CT molecular complexity index is 2850. The van der Waals surface area contributed by atoms with Crippen molar-refractivity contribution in [1.82, 2.24) is 0 Å². The molecular weight excluding hydrogens is 1120 g/mol. The van der Waals surface area contributed by atoms with Crippen LogP contribution in [0, 0.1) is 0 Å². The number of hydrogen-bond acceptors (Lipinski definition) is 10. The first kappa shape index (κ1) is 69.7. The van der Waals surface area contributed by atoms with Crippen molar-refractivity contribution in [2.45, 2.75) is 195 Å². The normalized spacial score (nSPS) is 11.1. The van der Waals surface area contributed by atoms with Gasteiger partial charge in [-0.15, -0.1) is 0 Å². The van der Waals surface area contributed by atoms with Gasteiger partial charge >= 0.3 is 11.9 Å². The Morgan fingerprint density at radius 1 is 0.267 bits per heavy atom. The topological polar surface area (TPSA) is 108 Å². The second kappa shape index (κ2) is 41.6. The predicted octanol–water partition coefficient (Wildman–Crippen LogP) is 21.7. The quantitative estimate of drug-likeness (QED) is 0.0208. The zero-order chi connectivity index (χ0) is 63.1. The molecular formula is C80H102O10. The summed E-state index contributed by atoms with van der Waals surface area (Å²) in [6.07, 6.45) is 29.1. The molecule has 0 amide bonds. The number of hydrogen-bond donors (Lipinski definition) is 0. The minimum atomic E-state index is -0.401. The van der Waals surface area contributed by atoms with Gasteiger partial charge in [-0.1, -0.05) is 192 Å². The van der Waals surface area contributed by atoms with Crippen LogP contribution < -0.4 is 37.9 Å². The van der Waals surface area contributed by atoms with Crippen molar-refractivity contribution in [1.29, 1.82) is 0 Å². The van der Waals surface area contributed by atoms with Gasteiger partial charge in [0.15, 0.2) is 0 Å². The molecule has 0 saturated carbocycles. The highest BCUT2D eigenvalue weighted by Crippen LogP contribution is 2.42. The van der Waals surface area contributed by atoms with E-state index in [0.717, 1.165) is 172 Å². The molecule has 0 N–H and O–H groups in total. The molecule has 0 aliphatic heterocycles. The van der Waals surface area contributed by atoms with Gasteiger partial charge in [-0.05, 0) is 183 Å². The number of carbonyl (C=O) groups excluding carboxylic acids is 2. The van der Waals surface area contributed by atoms with Crippen LogP contribution in [0.3, 0.4) is 0 Å². The SMILES string of the molecule is CCCCCOc1ccc(OC(=O)c2ccc(OCCCCCCCCCCOc3cc(-c4ccc(CCC)cc4)c(OCCCCCCCCCCOc4ccc(C(=O)Oc5ccc(OCCCCC)cc5)cc4)cc3-c3ccc(CCC)cc3)cc2)cc1. The second-order valence-corrected chi connectivity index (χ2v) is 23.7. The molecule has 0 saturated heterocycles. The number of rotatable bonds is 46. The summed E-state index contributed by atoms with van der Waals surface area (Å²) in [6.45, 7) is 12.8. The Morgan fingerprint density at radius 2 is 0.522 bits per heavy atom. The van der Waals surface area contributed by atoms with Crippen molar-refractivity contribution in [3.63, 3.8) is 0 Å². The van der Waals surface area contributed by atoms with Crippen molar-refractivity contribution < 1.29 is 47.5 Å². The van der Waals surface area contributed by atoms with E-state index in [1.54, 1.807) is 48.5 Å². The molecule has 7 aromatic carbocycles. The molecule has 0 heterocycles. The van der Waals surface area contributed by atoms with E-state index in [0.29, 0.717) is 62.3 Å². The molecule has 10 heteroatoms. The summed E-state index contributed by atoms with van der Waals surface area (Å²) in [5, 5.41) is 0. The molecule has 0 atom stereocenters. The van der Waals surface area contributed by atoms with E-state index in [4.69, 9.17) is 37.9 Å². The fraction of sp³-hybridized carbons (Fsp3) is 0.450. The van der Waals surface area contributed by atoms with Crippen molar-refractivity contribution in [2.75, 3.05) is 39.6 Å². The van der Waals surface area contributed by atoms with Gasteiger partial charge in [-0.2, -0.15) is 0 Å². The second-order valence-electron chi connectivity index (χ2n) is 23.7. The van der Waals surface area contributed by atoms with Gasteiger partial charge < -0.3 is 37.9 Å². The zero-order valence-corrected chi connectivity index (χ0v) is 54.7. The van der Waals surface area contributed by atoms with Crippen LogP contribution in [-0.2, 0) is 12.8 Å². The third kappa shape index (κ3) is 25.6. The van der Waals surface area contributed by atoms with Crippen molar-refractivity contribution in [3.8, 4) is 68.2 Å². The highest BCUT2D eigenvalue weighted by molar-refractivity contribution is 5.92. The molecule has 0 radical (unpaired) electrons. The molecule has 7 rings (SSSR count). The van der Waals surface area contributed by atoms with E-state index in [-0.39, 0.29) is 0 Å². The minimum Gasteiger partial charge on any atom is -0.494 e. The lowest BCUT2D eigenvalue weighted by molar-refractivity contribution is 0.0725. The van der Waals surface area contributed by atoms with Crippen LogP contribution in [0.1, 0.15) is 214 Å². The number of ether oxygens (including phenoxy) is 8. The van der Waals surface area contributed by atoms with Crippen LogP contribution >= 0.6 is 0 Å². The maximum atomic E-state index is 12.8. The number of aryl methyl sites for hydroxylation is 2. The fourth-order valence-corrected chi connectivity index (χ4v) is 10.8. The molecule has 0 spiro atoms. The van der Waals surface area contributed by atoms with E-state index < -0.39 is 11.9 Å². The molecule has 0 fully saturated rings. The lowest BCUT2D eigenvalue weighted by Gasteiger charge is -2.19. The molecule has 10 nitrogen and oxygen atoms in total. The number of benzene rings is 7. The predicted molar refractivity (Wildman–Crippen MR) is 367 cm³/mol. The monoisotopic (exact) mass is 1220 g/mol.